The van der Waals surface area contributed by atoms with Crippen molar-refractivity contribution in [2.45, 2.75) is 12.7 Å². The normalized spacial score (nSPS) is 11.2. The van der Waals surface area contributed by atoms with Crippen molar-refractivity contribution >= 4 is 16.8 Å². The Hall–Kier alpha value is -3.35. The van der Waals surface area contributed by atoms with Gasteiger partial charge >= 0.3 is 6.18 Å². The summed E-state index contributed by atoms with van der Waals surface area (Å²) in [6, 6.07) is 13.3. The van der Waals surface area contributed by atoms with E-state index in [2.05, 4.69) is 16.9 Å². The number of rotatable bonds is 5. The van der Waals surface area contributed by atoms with Crippen LogP contribution < -0.4 is 10.1 Å². The number of pyridine rings is 1. The van der Waals surface area contributed by atoms with Crippen LogP contribution in [0.5, 0.6) is 11.5 Å². The molecule has 0 bridgehead atoms. The molecule has 1 N–H and O–H groups in total. The lowest BCUT2D eigenvalue weighted by Gasteiger charge is -2.12. The molecule has 0 aliphatic rings. The summed E-state index contributed by atoms with van der Waals surface area (Å²) in [4.78, 5) is 15.8. The highest BCUT2D eigenvalue weighted by atomic mass is 19.4. The number of hydrogen-bond donors (Lipinski definition) is 1. The SMILES string of the molecule is C=CC(=O)NCc1cc(Oc2ccc(C(F)(F)F)cc2)c2ccccc2n1. The van der Waals surface area contributed by atoms with Crippen molar-refractivity contribution in [2.75, 3.05) is 0 Å². The Labute approximate surface area is 153 Å². The zero-order valence-corrected chi connectivity index (χ0v) is 14.1. The van der Waals surface area contributed by atoms with Crippen LogP contribution in [0.2, 0.25) is 0 Å². The van der Waals surface area contributed by atoms with Gasteiger partial charge in [0.2, 0.25) is 5.91 Å². The lowest BCUT2D eigenvalue weighted by Crippen LogP contribution is -2.20. The Kier molecular flexibility index (Phi) is 5.12. The number of ether oxygens (including phenoxy) is 1. The minimum atomic E-state index is -4.40. The van der Waals surface area contributed by atoms with Crippen LogP contribution in [0, 0.1) is 0 Å². The number of nitrogens with zero attached hydrogens (tertiary/aromatic N) is 1. The molecule has 2 aromatic carbocycles. The number of alkyl halides is 3. The van der Waals surface area contributed by atoms with Gasteiger partial charge in [-0.25, -0.2) is 0 Å². The van der Waals surface area contributed by atoms with Crippen molar-refractivity contribution in [1.82, 2.24) is 10.3 Å². The predicted octanol–water partition coefficient (Wildman–Crippen LogP) is 4.85. The largest absolute Gasteiger partial charge is 0.457 e. The van der Waals surface area contributed by atoms with Crippen LogP contribution in [-0.2, 0) is 17.5 Å². The Morgan fingerprint density at radius 3 is 2.52 bits per heavy atom. The summed E-state index contributed by atoms with van der Waals surface area (Å²) in [7, 11) is 0. The summed E-state index contributed by atoms with van der Waals surface area (Å²) in [5.41, 5.74) is 0.442. The molecule has 0 aliphatic heterocycles. The molecule has 138 valence electrons. The van der Waals surface area contributed by atoms with Crippen molar-refractivity contribution in [1.29, 1.82) is 0 Å². The van der Waals surface area contributed by atoms with Crippen molar-refractivity contribution in [3.63, 3.8) is 0 Å². The average Bonchev–Trinajstić information content (AvgIpc) is 2.66. The van der Waals surface area contributed by atoms with Gasteiger partial charge < -0.3 is 10.1 Å². The summed E-state index contributed by atoms with van der Waals surface area (Å²) in [5, 5.41) is 3.33. The first-order valence-electron chi connectivity index (χ1n) is 8.01. The summed E-state index contributed by atoms with van der Waals surface area (Å²) in [6.45, 7) is 3.55. The van der Waals surface area contributed by atoms with Crippen molar-refractivity contribution in [3.05, 3.63) is 78.5 Å². The van der Waals surface area contributed by atoms with E-state index in [-0.39, 0.29) is 18.2 Å². The molecular formula is C20H15F3N2O2. The first-order chi connectivity index (χ1) is 12.9. The predicted molar refractivity (Wildman–Crippen MR) is 95.3 cm³/mol. The molecule has 3 aromatic rings. The quantitative estimate of drug-likeness (QED) is 0.652. The van der Waals surface area contributed by atoms with Crippen molar-refractivity contribution < 1.29 is 22.7 Å². The third kappa shape index (κ3) is 4.44. The number of halogens is 3. The lowest BCUT2D eigenvalue weighted by molar-refractivity contribution is -0.137. The van der Waals surface area contributed by atoms with Gasteiger partial charge in [-0.1, -0.05) is 18.7 Å². The number of carbonyl (C=O) groups is 1. The van der Waals surface area contributed by atoms with E-state index in [9.17, 15) is 18.0 Å². The summed E-state index contributed by atoms with van der Waals surface area (Å²) in [6.07, 6.45) is -3.25. The highest BCUT2D eigenvalue weighted by Crippen LogP contribution is 2.33. The Morgan fingerprint density at radius 2 is 1.85 bits per heavy atom. The molecule has 0 unspecified atom stereocenters. The Bertz CT molecular complexity index is 983. The van der Waals surface area contributed by atoms with Gasteiger partial charge in [0.15, 0.2) is 0 Å². The Morgan fingerprint density at radius 1 is 1.15 bits per heavy atom. The van der Waals surface area contributed by atoms with Crippen molar-refractivity contribution in [2.24, 2.45) is 0 Å². The number of para-hydroxylation sites is 1. The minimum Gasteiger partial charge on any atom is -0.457 e. The summed E-state index contributed by atoms with van der Waals surface area (Å²) < 4.78 is 43.9. The number of nitrogens with one attached hydrogen (secondary N) is 1. The molecule has 1 heterocycles. The van der Waals surface area contributed by atoms with Crippen LogP contribution in [0.25, 0.3) is 10.9 Å². The van der Waals surface area contributed by atoms with Gasteiger partial charge in [0.05, 0.1) is 23.3 Å². The zero-order valence-electron chi connectivity index (χ0n) is 14.1. The maximum Gasteiger partial charge on any atom is 0.416 e. The molecule has 3 rings (SSSR count). The van der Waals surface area contributed by atoms with Crippen molar-refractivity contribution in [3.8, 4) is 11.5 Å². The van der Waals surface area contributed by atoms with Crippen LogP contribution >= 0.6 is 0 Å². The smallest absolute Gasteiger partial charge is 0.416 e. The van der Waals surface area contributed by atoms with Crippen LogP contribution in [0.15, 0.2) is 67.3 Å². The second-order valence-corrected chi connectivity index (χ2v) is 5.68. The minimum absolute atomic E-state index is 0.166. The van der Waals surface area contributed by atoms with Gasteiger partial charge in [0, 0.05) is 11.5 Å². The number of carbonyl (C=O) groups excluding carboxylic acids is 1. The molecule has 7 heteroatoms. The van der Waals surface area contributed by atoms with E-state index in [0.717, 1.165) is 18.2 Å². The van der Waals surface area contributed by atoms with Gasteiger partial charge in [-0.3, -0.25) is 9.78 Å². The molecular weight excluding hydrogens is 357 g/mol. The average molecular weight is 372 g/mol. The fourth-order valence-electron chi connectivity index (χ4n) is 2.46. The molecule has 27 heavy (non-hydrogen) atoms. The second-order valence-electron chi connectivity index (χ2n) is 5.68. The topological polar surface area (TPSA) is 51.2 Å². The molecule has 0 saturated heterocycles. The van der Waals surface area contributed by atoms with Crippen LogP contribution in [0.1, 0.15) is 11.3 Å². The van der Waals surface area contributed by atoms with E-state index in [4.69, 9.17) is 4.74 Å². The monoisotopic (exact) mass is 372 g/mol. The zero-order chi connectivity index (χ0) is 19.4. The Balaban J connectivity index is 1.92. The van der Waals surface area contributed by atoms with Gasteiger partial charge in [-0.05, 0) is 42.5 Å². The number of benzene rings is 2. The number of amides is 1. The maximum absolute atomic E-state index is 12.7. The van der Waals surface area contributed by atoms with Crippen LogP contribution in [-0.4, -0.2) is 10.9 Å². The van der Waals surface area contributed by atoms with Crippen LogP contribution in [0.4, 0.5) is 13.2 Å². The van der Waals surface area contributed by atoms with E-state index in [1.165, 1.54) is 12.1 Å². The fourth-order valence-corrected chi connectivity index (χ4v) is 2.46. The van der Waals surface area contributed by atoms with E-state index in [1.807, 2.05) is 12.1 Å². The fraction of sp³-hybridized carbons (Fsp3) is 0.100. The van der Waals surface area contributed by atoms with Gasteiger partial charge in [0.1, 0.15) is 11.5 Å². The molecule has 1 amide bonds. The number of fused-ring (bicyclic) bond motifs is 1. The van der Waals surface area contributed by atoms with E-state index >= 15 is 0 Å². The van der Waals surface area contributed by atoms with Gasteiger partial charge in [-0.2, -0.15) is 13.2 Å². The highest BCUT2D eigenvalue weighted by Gasteiger charge is 2.30. The van der Waals surface area contributed by atoms with E-state index in [0.29, 0.717) is 22.3 Å². The van der Waals surface area contributed by atoms with Gasteiger partial charge in [-0.15, -0.1) is 0 Å². The maximum atomic E-state index is 12.7. The summed E-state index contributed by atoms with van der Waals surface area (Å²) >= 11 is 0. The van der Waals surface area contributed by atoms with Crippen LogP contribution in [0.3, 0.4) is 0 Å². The molecule has 0 radical (unpaired) electrons. The first-order valence-corrected chi connectivity index (χ1v) is 8.01. The second kappa shape index (κ2) is 7.49. The number of hydrogen-bond acceptors (Lipinski definition) is 3. The van der Waals surface area contributed by atoms with Gasteiger partial charge in [0.25, 0.3) is 0 Å². The molecule has 4 nitrogen and oxygen atoms in total. The first kappa shape index (κ1) is 18.4. The number of aromatic nitrogens is 1. The molecule has 0 fully saturated rings. The molecule has 1 aromatic heterocycles. The molecule has 0 spiro atoms. The van der Waals surface area contributed by atoms with E-state index in [1.54, 1.807) is 18.2 Å². The molecule has 0 aliphatic carbocycles. The third-order valence-corrected chi connectivity index (χ3v) is 3.77. The summed E-state index contributed by atoms with van der Waals surface area (Å²) in [5.74, 6) is 0.360. The highest BCUT2D eigenvalue weighted by molar-refractivity contribution is 5.87. The van der Waals surface area contributed by atoms with E-state index < -0.39 is 11.7 Å². The molecule has 0 atom stereocenters. The lowest BCUT2D eigenvalue weighted by atomic mass is 10.1. The molecule has 0 saturated carbocycles. The third-order valence-electron chi connectivity index (χ3n) is 3.77. The standard InChI is InChI=1S/C20H15F3N2O2/c1-2-19(26)24-12-14-11-18(16-5-3-4-6-17(16)25-14)27-15-9-7-13(8-10-15)20(21,22)23/h2-11H,1,12H2,(H,24,26).